The third kappa shape index (κ3) is 4.70. The fourth-order valence-corrected chi connectivity index (χ4v) is 6.27. The Labute approximate surface area is 200 Å². The Morgan fingerprint density at radius 3 is 2.53 bits per heavy atom. The standard InChI is InChI=1S/C20H16BrClFNO6S2/c1-2-13(21)17-14(5-4-10(18(17)26)20(27)28)24-32(29,30)16-8-12(19(22)31-16)11-7-9(23)3-6-15(11)25/h3-8,13,24-26H,2H2,1H3,(H,27,28). The van der Waals surface area contributed by atoms with Gasteiger partial charge < -0.3 is 15.3 Å². The normalized spacial score (nSPS) is 12.5. The zero-order valence-corrected chi connectivity index (χ0v) is 20.2. The molecule has 32 heavy (non-hydrogen) atoms. The van der Waals surface area contributed by atoms with Gasteiger partial charge in [0, 0.05) is 21.5 Å². The maximum atomic E-state index is 13.6. The summed E-state index contributed by atoms with van der Waals surface area (Å²) in [6.07, 6.45) is 0.430. The van der Waals surface area contributed by atoms with Crippen LogP contribution in [-0.2, 0) is 10.0 Å². The molecule has 0 spiro atoms. The molecule has 7 nitrogen and oxygen atoms in total. The third-order valence-electron chi connectivity index (χ3n) is 4.54. The number of thiophene rings is 1. The number of alkyl halides is 1. The number of phenols is 2. The van der Waals surface area contributed by atoms with Crippen LogP contribution in [0.25, 0.3) is 11.1 Å². The van der Waals surface area contributed by atoms with Crippen molar-refractivity contribution in [1.82, 2.24) is 0 Å². The highest BCUT2D eigenvalue weighted by molar-refractivity contribution is 9.09. The first-order valence-corrected chi connectivity index (χ1v) is 12.6. The van der Waals surface area contributed by atoms with Gasteiger partial charge in [-0.25, -0.2) is 17.6 Å². The number of aromatic hydroxyl groups is 2. The quantitative estimate of drug-likeness (QED) is 0.262. The van der Waals surface area contributed by atoms with Crippen LogP contribution < -0.4 is 4.72 Å². The molecule has 0 aliphatic rings. The molecule has 0 saturated heterocycles. The van der Waals surface area contributed by atoms with Gasteiger partial charge in [0.15, 0.2) is 0 Å². The third-order valence-corrected chi connectivity index (χ3v) is 8.84. The zero-order chi connectivity index (χ0) is 23.8. The van der Waals surface area contributed by atoms with Crippen molar-refractivity contribution in [3.05, 3.63) is 57.7 Å². The van der Waals surface area contributed by atoms with Gasteiger partial charge in [-0.2, -0.15) is 0 Å². The Morgan fingerprint density at radius 2 is 1.91 bits per heavy atom. The van der Waals surface area contributed by atoms with Gasteiger partial charge in [-0.15, -0.1) is 11.3 Å². The molecule has 0 saturated carbocycles. The van der Waals surface area contributed by atoms with E-state index >= 15 is 0 Å². The maximum absolute atomic E-state index is 13.6. The van der Waals surface area contributed by atoms with E-state index in [1.54, 1.807) is 6.92 Å². The van der Waals surface area contributed by atoms with E-state index in [0.717, 1.165) is 24.3 Å². The van der Waals surface area contributed by atoms with Crippen LogP contribution in [0.3, 0.4) is 0 Å². The molecule has 2 aromatic carbocycles. The number of sulfonamides is 1. The van der Waals surface area contributed by atoms with Crippen molar-refractivity contribution in [3.63, 3.8) is 0 Å². The van der Waals surface area contributed by atoms with Crippen molar-refractivity contribution in [3.8, 4) is 22.6 Å². The Bertz CT molecular complexity index is 1310. The summed E-state index contributed by atoms with van der Waals surface area (Å²) in [6.45, 7) is 1.77. The van der Waals surface area contributed by atoms with Gasteiger partial charge >= 0.3 is 5.97 Å². The second kappa shape index (κ2) is 9.26. The molecular weight excluding hydrogens is 549 g/mol. The van der Waals surface area contributed by atoms with E-state index in [4.69, 9.17) is 11.6 Å². The largest absolute Gasteiger partial charge is 0.507 e. The first-order chi connectivity index (χ1) is 15.0. The van der Waals surface area contributed by atoms with Crippen molar-refractivity contribution < 1.29 is 32.9 Å². The molecule has 3 rings (SSSR count). The van der Waals surface area contributed by atoms with Crippen LogP contribution in [0.5, 0.6) is 11.5 Å². The first-order valence-electron chi connectivity index (χ1n) is 9.00. The molecule has 1 atom stereocenters. The SMILES string of the molecule is CCC(Br)c1c(NS(=O)(=O)c2cc(-c3cc(F)ccc3O)c(Cl)s2)ccc(C(=O)O)c1O. The van der Waals surface area contributed by atoms with Crippen molar-refractivity contribution >= 4 is 60.5 Å². The van der Waals surface area contributed by atoms with Crippen molar-refractivity contribution in [1.29, 1.82) is 0 Å². The molecular formula is C20H16BrClFNO6S2. The van der Waals surface area contributed by atoms with Gasteiger partial charge in [-0.05, 0) is 42.8 Å². The van der Waals surface area contributed by atoms with Gasteiger partial charge in [-0.1, -0.05) is 34.5 Å². The minimum absolute atomic E-state index is 0.0162. The number of nitrogens with one attached hydrogen (secondary N) is 1. The average molecular weight is 565 g/mol. The molecule has 3 aromatic rings. The molecule has 0 radical (unpaired) electrons. The van der Waals surface area contributed by atoms with Gasteiger partial charge in [0.1, 0.15) is 31.4 Å². The Balaban J connectivity index is 2.07. The van der Waals surface area contributed by atoms with Crippen molar-refractivity contribution in [2.24, 2.45) is 0 Å². The Kier molecular flexibility index (Phi) is 7.03. The molecule has 1 unspecified atom stereocenters. The lowest BCUT2D eigenvalue weighted by molar-refractivity contribution is 0.0693. The van der Waals surface area contributed by atoms with Crippen molar-refractivity contribution in [2.45, 2.75) is 22.4 Å². The number of carboxylic acid groups (broad SMARTS) is 1. The molecule has 1 aromatic heterocycles. The van der Waals surface area contributed by atoms with E-state index in [1.807, 2.05) is 0 Å². The summed E-state index contributed by atoms with van der Waals surface area (Å²) in [7, 11) is -4.23. The fourth-order valence-electron chi connectivity index (χ4n) is 2.97. The highest BCUT2D eigenvalue weighted by Gasteiger charge is 2.27. The monoisotopic (exact) mass is 563 g/mol. The zero-order valence-electron chi connectivity index (χ0n) is 16.3. The molecule has 0 bridgehead atoms. The second-order valence-corrected chi connectivity index (χ2v) is 11.3. The van der Waals surface area contributed by atoms with E-state index in [0.29, 0.717) is 17.8 Å². The Hall–Kier alpha value is -2.34. The summed E-state index contributed by atoms with van der Waals surface area (Å²) in [5.74, 6) is -2.83. The maximum Gasteiger partial charge on any atom is 0.339 e. The van der Waals surface area contributed by atoms with Crippen LogP contribution in [0.2, 0.25) is 4.34 Å². The number of carbonyl (C=O) groups is 1. The minimum Gasteiger partial charge on any atom is -0.507 e. The number of aromatic carboxylic acids is 1. The molecule has 0 aliphatic heterocycles. The van der Waals surface area contributed by atoms with E-state index < -0.39 is 32.4 Å². The Morgan fingerprint density at radius 1 is 1.22 bits per heavy atom. The molecule has 170 valence electrons. The minimum atomic E-state index is -4.23. The first kappa shape index (κ1) is 24.3. The van der Waals surface area contributed by atoms with Crippen LogP contribution in [0, 0.1) is 5.82 Å². The number of hydrogen-bond donors (Lipinski definition) is 4. The number of halogens is 3. The van der Waals surface area contributed by atoms with Crippen molar-refractivity contribution in [2.75, 3.05) is 4.72 Å². The second-order valence-electron chi connectivity index (χ2n) is 6.62. The van der Waals surface area contributed by atoms with Gasteiger partial charge in [0.2, 0.25) is 0 Å². The van der Waals surface area contributed by atoms with Crippen LogP contribution in [0.15, 0.2) is 40.6 Å². The van der Waals surface area contributed by atoms with Crippen LogP contribution in [0.4, 0.5) is 10.1 Å². The van der Waals surface area contributed by atoms with E-state index in [-0.39, 0.29) is 42.2 Å². The summed E-state index contributed by atoms with van der Waals surface area (Å²) in [5.41, 5.74) is -0.157. The van der Waals surface area contributed by atoms with Gasteiger partial charge in [-0.3, -0.25) is 4.72 Å². The average Bonchev–Trinajstić information content (AvgIpc) is 3.11. The summed E-state index contributed by atoms with van der Waals surface area (Å²) < 4.78 is 41.8. The van der Waals surface area contributed by atoms with Crippen LogP contribution in [0.1, 0.15) is 34.1 Å². The molecule has 0 fully saturated rings. The summed E-state index contributed by atoms with van der Waals surface area (Å²) in [5, 5.41) is 29.7. The van der Waals surface area contributed by atoms with Crippen LogP contribution >= 0.6 is 38.9 Å². The van der Waals surface area contributed by atoms with Gasteiger partial charge in [0.25, 0.3) is 10.0 Å². The highest BCUT2D eigenvalue weighted by atomic mass is 79.9. The smallest absolute Gasteiger partial charge is 0.339 e. The number of anilines is 1. The predicted molar refractivity (Wildman–Crippen MR) is 124 cm³/mol. The fraction of sp³-hybridized carbons (Fsp3) is 0.150. The van der Waals surface area contributed by atoms with Gasteiger partial charge in [0.05, 0.1) is 5.69 Å². The summed E-state index contributed by atoms with van der Waals surface area (Å²) in [6, 6.07) is 6.74. The summed E-state index contributed by atoms with van der Waals surface area (Å²) >= 11 is 10.2. The summed E-state index contributed by atoms with van der Waals surface area (Å²) in [4.78, 5) is 10.8. The molecule has 4 N–H and O–H groups in total. The lowest BCUT2D eigenvalue weighted by Gasteiger charge is -2.18. The molecule has 0 amide bonds. The predicted octanol–water partition coefficient (Wildman–Crippen LogP) is 5.96. The molecule has 12 heteroatoms. The number of benzene rings is 2. The van der Waals surface area contributed by atoms with Crippen LogP contribution in [-0.4, -0.2) is 29.7 Å². The lowest BCUT2D eigenvalue weighted by Crippen LogP contribution is -2.14. The number of carboxylic acids is 1. The molecule has 1 heterocycles. The number of phenolic OH excluding ortho intramolecular Hbond substituents is 1. The number of hydrogen-bond acceptors (Lipinski definition) is 6. The van der Waals surface area contributed by atoms with E-state index in [1.165, 1.54) is 12.1 Å². The molecule has 0 aliphatic carbocycles. The topological polar surface area (TPSA) is 124 Å². The van der Waals surface area contributed by atoms with E-state index in [9.17, 15) is 32.9 Å². The lowest BCUT2D eigenvalue weighted by atomic mass is 10.0. The van der Waals surface area contributed by atoms with E-state index in [2.05, 4.69) is 20.7 Å². The highest BCUT2D eigenvalue weighted by Crippen LogP contribution is 2.44. The number of rotatable bonds is 7.